The Morgan fingerprint density at radius 3 is 2.56 bits per heavy atom. The van der Waals surface area contributed by atoms with Crippen LogP contribution in [0.5, 0.6) is 0 Å². The Kier molecular flexibility index (Phi) is 3.52. The average Bonchev–Trinajstić information content (AvgIpc) is 2.28. The van der Waals surface area contributed by atoms with Gasteiger partial charge in [0.1, 0.15) is 0 Å². The summed E-state index contributed by atoms with van der Waals surface area (Å²) in [7, 11) is 0. The van der Waals surface area contributed by atoms with Gasteiger partial charge in [-0.15, -0.1) is 0 Å². The highest BCUT2D eigenvalue weighted by Gasteiger charge is 2.05. The molecular formula is C14H17NS. The predicted octanol–water partition coefficient (Wildman–Crippen LogP) is 3.47. The molecule has 2 heteroatoms. The van der Waals surface area contributed by atoms with E-state index in [4.69, 9.17) is 5.73 Å². The van der Waals surface area contributed by atoms with Gasteiger partial charge in [-0.3, -0.25) is 0 Å². The Labute approximate surface area is 102 Å². The van der Waals surface area contributed by atoms with Gasteiger partial charge in [-0.05, 0) is 41.5 Å². The van der Waals surface area contributed by atoms with Crippen molar-refractivity contribution in [2.45, 2.75) is 19.4 Å². The summed E-state index contributed by atoms with van der Waals surface area (Å²) in [6, 6.07) is 13.0. The monoisotopic (exact) mass is 231 g/mol. The quantitative estimate of drug-likeness (QED) is 0.777. The van der Waals surface area contributed by atoms with Gasteiger partial charge in [0, 0.05) is 6.04 Å². The van der Waals surface area contributed by atoms with Gasteiger partial charge in [-0.25, -0.2) is 0 Å². The van der Waals surface area contributed by atoms with E-state index in [9.17, 15) is 0 Å². The van der Waals surface area contributed by atoms with E-state index in [1.807, 2.05) is 0 Å². The van der Waals surface area contributed by atoms with Crippen molar-refractivity contribution < 1.29 is 0 Å². The van der Waals surface area contributed by atoms with E-state index in [1.165, 1.54) is 21.9 Å². The predicted molar refractivity (Wildman–Crippen MR) is 74.1 cm³/mol. The largest absolute Gasteiger partial charge is 0.324 e. The second kappa shape index (κ2) is 4.89. The number of fused-ring (bicyclic) bond motifs is 1. The summed E-state index contributed by atoms with van der Waals surface area (Å²) in [5.74, 6) is 0.826. The number of rotatable bonds is 3. The van der Waals surface area contributed by atoms with Crippen LogP contribution >= 0.6 is 12.6 Å². The maximum absolute atomic E-state index is 6.08. The van der Waals surface area contributed by atoms with E-state index in [2.05, 4.69) is 56.0 Å². The van der Waals surface area contributed by atoms with Crippen LogP contribution in [-0.4, -0.2) is 5.75 Å². The first-order valence-electron chi connectivity index (χ1n) is 5.57. The number of hydrogen-bond donors (Lipinski definition) is 2. The van der Waals surface area contributed by atoms with Crippen LogP contribution in [0.3, 0.4) is 0 Å². The van der Waals surface area contributed by atoms with Crippen molar-refractivity contribution in [1.29, 1.82) is 0 Å². The molecular weight excluding hydrogens is 214 g/mol. The fourth-order valence-electron chi connectivity index (χ4n) is 1.92. The summed E-state index contributed by atoms with van der Waals surface area (Å²) in [5.41, 5.74) is 8.57. The Bertz CT molecular complexity index is 493. The van der Waals surface area contributed by atoms with Gasteiger partial charge in [0.25, 0.3) is 0 Å². The molecule has 0 heterocycles. The molecule has 0 radical (unpaired) electrons. The first kappa shape index (κ1) is 11.5. The van der Waals surface area contributed by atoms with Gasteiger partial charge in [0.05, 0.1) is 0 Å². The molecule has 1 nitrogen and oxygen atoms in total. The summed E-state index contributed by atoms with van der Waals surface area (Å²) in [4.78, 5) is 0. The smallest absolute Gasteiger partial charge is 0.0302 e. The van der Waals surface area contributed by atoms with Crippen LogP contribution in [0.1, 0.15) is 23.6 Å². The summed E-state index contributed by atoms with van der Waals surface area (Å²) < 4.78 is 0. The molecule has 2 rings (SSSR count). The zero-order chi connectivity index (χ0) is 11.5. The van der Waals surface area contributed by atoms with Gasteiger partial charge in [0.2, 0.25) is 0 Å². The number of aryl methyl sites for hydroxylation is 1. The third-order valence-corrected chi connectivity index (χ3v) is 3.15. The Morgan fingerprint density at radius 2 is 1.81 bits per heavy atom. The molecule has 2 aromatic rings. The number of thiol groups is 1. The zero-order valence-electron chi connectivity index (χ0n) is 9.48. The minimum absolute atomic E-state index is 0.100. The van der Waals surface area contributed by atoms with Crippen LogP contribution < -0.4 is 5.73 Å². The van der Waals surface area contributed by atoms with Crippen LogP contribution in [0.25, 0.3) is 10.8 Å². The second-order valence-electron chi connectivity index (χ2n) is 4.23. The Hall–Kier alpha value is -0.990. The van der Waals surface area contributed by atoms with Crippen LogP contribution in [0.15, 0.2) is 36.4 Å². The Balaban J connectivity index is 2.40. The van der Waals surface area contributed by atoms with Crippen LogP contribution in [0.4, 0.5) is 0 Å². The molecule has 0 spiro atoms. The fraction of sp³-hybridized carbons (Fsp3) is 0.286. The summed E-state index contributed by atoms with van der Waals surface area (Å²) in [5, 5.41) is 2.54. The molecule has 0 saturated carbocycles. The molecule has 16 heavy (non-hydrogen) atoms. The van der Waals surface area contributed by atoms with E-state index in [0.717, 1.165) is 12.2 Å². The van der Waals surface area contributed by atoms with Gasteiger partial charge in [-0.1, -0.05) is 35.9 Å². The highest BCUT2D eigenvalue weighted by molar-refractivity contribution is 7.80. The van der Waals surface area contributed by atoms with Crippen molar-refractivity contribution in [1.82, 2.24) is 0 Å². The molecule has 0 bridgehead atoms. The molecule has 0 aliphatic carbocycles. The number of nitrogens with two attached hydrogens (primary N) is 1. The lowest BCUT2D eigenvalue weighted by Crippen LogP contribution is -2.10. The lowest BCUT2D eigenvalue weighted by Gasteiger charge is -2.11. The van der Waals surface area contributed by atoms with E-state index in [-0.39, 0.29) is 6.04 Å². The van der Waals surface area contributed by atoms with Crippen molar-refractivity contribution in [3.63, 3.8) is 0 Å². The van der Waals surface area contributed by atoms with Crippen molar-refractivity contribution in [2.24, 2.45) is 5.73 Å². The fourth-order valence-corrected chi connectivity index (χ4v) is 2.20. The topological polar surface area (TPSA) is 26.0 Å². The maximum atomic E-state index is 6.08. The molecule has 2 aromatic carbocycles. The summed E-state index contributed by atoms with van der Waals surface area (Å²) in [6.45, 7) is 2.11. The summed E-state index contributed by atoms with van der Waals surface area (Å²) in [6.07, 6.45) is 0.917. The maximum Gasteiger partial charge on any atom is 0.0302 e. The van der Waals surface area contributed by atoms with E-state index in [0.29, 0.717) is 0 Å². The first-order valence-corrected chi connectivity index (χ1v) is 6.21. The molecule has 0 amide bonds. The minimum atomic E-state index is 0.100. The zero-order valence-corrected chi connectivity index (χ0v) is 10.4. The molecule has 0 fully saturated rings. The van der Waals surface area contributed by atoms with Gasteiger partial charge >= 0.3 is 0 Å². The van der Waals surface area contributed by atoms with Gasteiger partial charge < -0.3 is 5.73 Å². The normalized spacial score (nSPS) is 12.9. The first-order chi connectivity index (χ1) is 7.70. The van der Waals surface area contributed by atoms with Crippen molar-refractivity contribution in [3.05, 3.63) is 47.5 Å². The van der Waals surface area contributed by atoms with Crippen molar-refractivity contribution >= 4 is 23.4 Å². The third-order valence-electron chi connectivity index (χ3n) is 2.89. The summed E-state index contributed by atoms with van der Waals surface area (Å²) >= 11 is 4.22. The lowest BCUT2D eigenvalue weighted by atomic mass is 10.00. The average molecular weight is 231 g/mol. The van der Waals surface area contributed by atoms with Crippen molar-refractivity contribution in [2.75, 3.05) is 5.75 Å². The second-order valence-corrected chi connectivity index (χ2v) is 4.68. The van der Waals surface area contributed by atoms with Crippen LogP contribution in [0, 0.1) is 6.92 Å². The van der Waals surface area contributed by atoms with Gasteiger partial charge in [0.15, 0.2) is 0 Å². The van der Waals surface area contributed by atoms with Crippen molar-refractivity contribution in [3.8, 4) is 0 Å². The molecule has 1 unspecified atom stereocenters. The van der Waals surface area contributed by atoms with Gasteiger partial charge in [-0.2, -0.15) is 12.6 Å². The molecule has 1 atom stereocenters. The van der Waals surface area contributed by atoms with Crippen LogP contribution in [0.2, 0.25) is 0 Å². The molecule has 0 aromatic heterocycles. The lowest BCUT2D eigenvalue weighted by molar-refractivity contribution is 0.707. The minimum Gasteiger partial charge on any atom is -0.324 e. The highest BCUT2D eigenvalue weighted by atomic mass is 32.1. The standard InChI is InChI=1S/C14H17NS/c1-10-2-3-12-9-13(14(15)6-7-16)5-4-11(12)8-10/h2-5,8-9,14,16H,6-7,15H2,1H3. The van der Waals surface area contributed by atoms with Crippen LogP contribution in [-0.2, 0) is 0 Å². The SMILES string of the molecule is Cc1ccc2cc(C(N)CCS)ccc2c1. The number of hydrogen-bond acceptors (Lipinski definition) is 2. The number of benzene rings is 2. The van der Waals surface area contributed by atoms with E-state index in [1.54, 1.807) is 0 Å². The molecule has 0 aliphatic heterocycles. The molecule has 84 valence electrons. The molecule has 2 N–H and O–H groups in total. The molecule has 0 saturated heterocycles. The van der Waals surface area contributed by atoms with E-state index < -0.39 is 0 Å². The highest BCUT2D eigenvalue weighted by Crippen LogP contribution is 2.22. The third kappa shape index (κ3) is 2.39. The Morgan fingerprint density at radius 1 is 1.12 bits per heavy atom. The van der Waals surface area contributed by atoms with E-state index >= 15 is 0 Å². The molecule has 0 aliphatic rings.